The van der Waals surface area contributed by atoms with Crippen molar-refractivity contribution in [1.82, 2.24) is 4.98 Å². The van der Waals surface area contributed by atoms with Crippen LogP contribution >= 0.6 is 11.6 Å². The molecule has 1 atom stereocenters. The van der Waals surface area contributed by atoms with E-state index in [-0.39, 0.29) is 11.5 Å². The van der Waals surface area contributed by atoms with Crippen molar-refractivity contribution in [3.63, 3.8) is 0 Å². The highest BCUT2D eigenvalue weighted by Gasteiger charge is 2.54. The van der Waals surface area contributed by atoms with Crippen molar-refractivity contribution >= 4 is 34.9 Å². The summed E-state index contributed by atoms with van der Waals surface area (Å²) in [6, 6.07) is 14.4. The third-order valence-corrected chi connectivity index (χ3v) is 6.16. The van der Waals surface area contributed by atoms with Crippen molar-refractivity contribution in [2.45, 2.75) is 25.2 Å². The number of carboxylic acids is 1. The van der Waals surface area contributed by atoms with Gasteiger partial charge in [0.2, 0.25) is 5.91 Å². The van der Waals surface area contributed by atoms with E-state index in [0.29, 0.717) is 23.6 Å². The number of fused-ring (bicyclic) bond motifs is 3. The average molecular weight is 405 g/mol. The zero-order valence-electron chi connectivity index (χ0n) is 15.6. The summed E-state index contributed by atoms with van der Waals surface area (Å²) < 4.78 is 0. The maximum Gasteiger partial charge on any atom is 0.335 e. The molecular weight excluding hydrogens is 388 g/mol. The summed E-state index contributed by atoms with van der Waals surface area (Å²) in [6.45, 7) is 1.90. The molecule has 1 amide bonds. The molecule has 5 nitrogen and oxygen atoms in total. The molecule has 0 fully saturated rings. The predicted molar refractivity (Wildman–Crippen MR) is 110 cm³/mol. The topological polar surface area (TPSA) is 70.5 Å². The lowest BCUT2D eigenvalue weighted by molar-refractivity contribution is -0.122. The van der Waals surface area contributed by atoms with Gasteiger partial charge in [-0.25, -0.2) is 4.79 Å². The number of hydrogen-bond acceptors (Lipinski definition) is 3. The van der Waals surface area contributed by atoms with Crippen LogP contribution in [0.5, 0.6) is 0 Å². The van der Waals surface area contributed by atoms with Crippen LogP contribution < -0.4 is 4.90 Å². The molecule has 0 saturated heterocycles. The number of pyridine rings is 1. The molecule has 144 valence electrons. The molecule has 2 aliphatic rings. The number of aryl methyl sites for hydroxylation is 1. The smallest absolute Gasteiger partial charge is 0.335 e. The van der Waals surface area contributed by atoms with Crippen molar-refractivity contribution in [3.05, 3.63) is 87.7 Å². The number of halogens is 1. The van der Waals surface area contributed by atoms with Crippen LogP contribution in [0.15, 0.2) is 54.7 Å². The number of carboxylic acid groups (broad SMARTS) is 1. The second-order valence-electron chi connectivity index (χ2n) is 7.68. The van der Waals surface area contributed by atoms with Gasteiger partial charge in [-0.3, -0.25) is 14.7 Å². The van der Waals surface area contributed by atoms with Gasteiger partial charge in [-0.05, 0) is 72.9 Å². The van der Waals surface area contributed by atoms with Gasteiger partial charge in [0.1, 0.15) is 0 Å². The van der Waals surface area contributed by atoms with Gasteiger partial charge in [0.25, 0.3) is 0 Å². The minimum absolute atomic E-state index is 0.0338. The molecule has 0 saturated carbocycles. The Morgan fingerprint density at radius 3 is 2.62 bits per heavy atom. The largest absolute Gasteiger partial charge is 0.478 e. The minimum atomic E-state index is -0.967. The van der Waals surface area contributed by atoms with E-state index in [1.165, 1.54) is 0 Å². The number of carbonyl (C=O) groups excluding carboxylic acids is 1. The van der Waals surface area contributed by atoms with E-state index < -0.39 is 11.4 Å². The van der Waals surface area contributed by atoms with E-state index in [0.717, 1.165) is 28.1 Å². The lowest BCUT2D eigenvalue weighted by Gasteiger charge is -2.23. The molecule has 1 spiro atoms. The fraction of sp³-hybridized carbons (Fsp3) is 0.174. The molecule has 1 aliphatic heterocycles. The standard InChI is InChI=1S/C23H17ClN2O3/c1-13-2-6-18(12-25-13)26-20-9-17(24)5-7-19(20)23(22(26)29)10-15-4-3-14(21(27)28)8-16(15)11-23/h2-9,12H,10-11H2,1H3,(H,27,28). The van der Waals surface area contributed by atoms with Gasteiger partial charge in [0, 0.05) is 10.7 Å². The molecule has 29 heavy (non-hydrogen) atoms. The van der Waals surface area contributed by atoms with E-state index in [2.05, 4.69) is 4.98 Å². The highest BCUT2D eigenvalue weighted by Crippen LogP contribution is 2.52. The Bertz CT molecular complexity index is 1190. The summed E-state index contributed by atoms with van der Waals surface area (Å²) in [6.07, 6.45) is 2.69. The maximum atomic E-state index is 13.8. The zero-order chi connectivity index (χ0) is 20.3. The lowest BCUT2D eigenvalue weighted by atomic mass is 9.79. The first kappa shape index (κ1) is 17.9. The van der Waals surface area contributed by atoms with Crippen LogP contribution in [-0.4, -0.2) is 22.0 Å². The number of nitrogens with zero attached hydrogens (tertiary/aromatic N) is 2. The van der Waals surface area contributed by atoms with Crippen molar-refractivity contribution in [2.75, 3.05) is 4.90 Å². The number of anilines is 2. The second kappa shape index (κ2) is 6.16. The van der Waals surface area contributed by atoms with Crippen LogP contribution in [0.3, 0.4) is 0 Å². The van der Waals surface area contributed by atoms with Gasteiger partial charge in [0.05, 0.1) is 28.6 Å². The molecule has 1 unspecified atom stereocenters. The number of aromatic carboxylic acids is 1. The molecule has 1 N–H and O–H groups in total. The van der Waals surface area contributed by atoms with Crippen LogP contribution in [-0.2, 0) is 23.1 Å². The summed E-state index contributed by atoms with van der Waals surface area (Å²) in [5.41, 5.74) is 4.64. The maximum absolute atomic E-state index is 13.8. The molecule has 1 aromatic heterocycles. The van der Waals surface area contributed by atoms with Crippen LogP contribution in [0.2, 0.25) is 5.02 Å². The summed E-state index contributed by atoms with van der Waals surface area (Å²) in [4.78, 5) is 31.2. The Balaban J connectivity index is 1.66. The summed E-state index contributed by atoms with van der Waals surface area (Å²) in [5, 5.41) is 9.89. The predicted octanol–water partition coefficient (Wildman–Crippen LogP) is 4.46. The Morgan fingerprint density at radius 2 is 1.90 bits per heavy atom. The van der Waals surface area contributed by atoms with E-state index in [9.17, 15) is 14.7 Å². The summed E-state index contributed by atoms with van der Waals surface area (Å²) >= 11 is 6.27. The molecule has 5 rings (SSSR count). The molecule has 0 radical (unpaired) electrons. The summed E-state index contributed by atoms with van der Waals surface area (Å²) in [5.74, 6) is -1.00. The first-order valence-electron chi connectivity index (χ1n) is 9.31. The van der Waals surface area contributed by atoms with E-state index in [4.69, 9.17) is 11.6 Å². The van der Waals surface area contributed by atoms with Crippen molar-refractivity contribution in [2.24, 2.45) is 0 Å². The Kier molecular flexibility index (Phi) is 3.80. The number of benzene rings is 2. The summed E-state index contributed by atoms with van der Waals surface area (Å²) in [7, 11) is 0. The quantitative estimate of drug-likeness (QED) is 0.684. The molecule has 0 bridgehead atoms. The van der Waals surface area contributed by atoms with Crippen molar-refractivity contribution in [3.8, 4) is 0 Å². The van der Waals surface area contributed by atoms with E-state index in [1.807, 2.05) is 37.3 Å². The van der Waals surface area contributed by atoms with Crippen molar-refractivity contribution in [1.29, 1.82) is 0 Å². The van der Waals surface area contributed by atoms with Gasteiger partial charge in [-0.15, -0.1) is 0 Å². The minimum Gasteiger partial charge on any atom is -0.478 e. The normalized spacial score (nSPS) is 19.5. The second-order valence-corrected chi connectivity index (χ2v) is 8.12. The Morgan fingerprint density at radius 1 is 1.10 bits per heavy atom. The lowest BCUT2D eigenvalue weighted by Crippen LogP contribution is -2.39. The monoisotopic (exact) mass is 404 g/mol. The van der Waals surface area contributed by atoms with Crippen LogP contribution in [0.1, 0.15) is 32.7 Å². The van der Waals surface area contributed by atoms with Gasteiger partial charge >= 0.3 is 5.97 Å². The van der Waals surface area contributed by atoms with E-state index in [1.54, 1.807) is 29.3 Å². The van der Waals surface area contributed by atoms with Gasteiger partial charge in [-0.1, -0.05) is 23.7 Å². The van der Waals surface area contributed by atoms with Crippen LogP contribution in [0.25, 0.3) is 0 Å². The Hall–Kier alpha value is -3.18. The number of carbonyl (C=O) groups is 2. The molecule has 2 aromatic carbocycles. The first-order chi connectivity index (χ1) is 13.9. The van der Waals surface area contributed by atoms with Crippen LogP contribution in [0, 0.1) is 6.92 Å². The number of aromatic nitrogens is 1. The third kappa shape index (κ3) is 2.58. The Labute approximate surface area is 172 Å². The average Bonchev–Trinajstić information content (AvgIpc) is 3.18. The first-order valence-corrected chi connectivity index (χ1v) is 9.69. The van der Waals surface area contributed by atoms with Gasteiger partial charge in [-0.2, -0.15) is 0 Å². The zero-order valence-corrected chi connectivity index (χ0v) is 16.4. The molecule has 6 heteroatoms. The highest BCUT2D eigenvalue weighted by molar-refractivity contribution is 6.31. The number of amides is 1. The SMILES string of the molecule is Cc1ccc(N2C(=O)C3(Cc4ccc(C(=O)O)cc4C3)c3ccc(Cl)cc32)cn1. The van der Waals surface area contributed by atoms with Crippen LogP contribution in [0.4, 0.5) is 11.4 Å². The third-order valence-electron chi connectivity index (χ3n) is 5.92. The fourth-order valence-electron chi connectivity index (χ4n) is 4.53. The van der Waals surface area contributed by atoms with E-state index >= 15 is 0 Å². The molecular formula is C23H17ClN2O3. The highest BCUT2D eigenvalue weighted by atomic mass is 35.5. The molecule has 2 heterocycles. The fourth-order valence-corrected chi connectivity index (χ4v) is 4.70. The van der Waals surface area contributed by atoms with Crippen molar-refractivity contribution < 1.29 is 14.7 Å². The molecule has 3 aromatic rings. The number of rotatable bonds is 2. The number of hydrogen-bond donors (Lipinski definition) is 1. The van der Waals surface area contributed by atoms with Gasteiger partial charge in [0.15, 0.2) is 0 Å². The van der Waals surface area contributed by atoms with Gasteiger partial charge < -0.3 is 5.11 Å². The molecule has 1 aliphatic carbocycles.